The molecule has 0 saturated carbocycles. The van der Waals surface area contributed by atoms with Crippen LogP contribution < -0.4 is 18.9 Å². The van der Waals surface area contributed by atoms with Crippen molar-refractivity contribution in [3.8, 4) is 23.0 Å². The predicted octanol–water partition coefficient (Wildman–Crippen LogP) is 6.16. The van der Waals surface area contributed by atoms with E-state index in [9.17, 15) is 9.90 Å². The number of carboxylic acid groups (broad SMARTS) is 1. The first-order valence-corrected chi connectivity index (χ1v) is 15.3. The van der Waals surface area contributed by atoms with Crippen LogP contribution in [0.3, 0.4) is 0 Å². The van der Waals surface area contributed by atoms with Gasteiger partial charge in [0.05, 0.1) is 59.9 Å². The molecule has 3 aromatic carbocycles. The highest BCUT2D eigenvalue weighted by Crippen LogP contribution is 2.35. The van der Waals surface area contributed by atoms with Crippen LogP contribution in [0.2, 0.25) is 0 Å². The maximum absolute atomic E-state index is 11.8. The third kappa shape index (κ3) is 10.0. The third-order valence-corrected chi connectivity index (χ3v) is 7.76. The zero-order valence-corrected chi connectivity index (χ0v) is 26.4. The summed E-state index contributed by atoms with van der Waals surface area (Å²) in [5, 5.41) is 9.70. The highest BCUT2D eigenvalue weighted by Gasteiger charge is 2.33. The summed E-state index contributed by atoms with van der Waals surface area (Å²) in [6, 6.07) is 21.5. The standard InChI is InChI=1S/C35H45NO9/c1-39-19-7-22-44-34-28(10-6-12-32(34)41-3)25-45-33-23-36(35(37)38)18-17-30(33)26-13-15-29(16-14-26)43-21-8-20-42-24-27-9-4-5-11-31(27)40-2/h4-6,9-16,30,33H,7-8,17-25H2,1-3H3,(H,37,38). The van der Waals surface area contributed by atoms with Crippen molar-refractivity contribution in [1.29, 1.82) is 0 Å². The second kappa shape index (κ2) is 18.1. The summed E-state index contributed by atoms with van der Waals surface area (Å²) in [4.78, 5) is 13.2. The molecule has 1 saturated heterocycles. The summed E-state index contributed by atoms with van der Waals surface area (Å²) in [5.74, 6) is 2.87. The zero-order chi connectivity index (χ0) is 31.9. The Bertz CT molecular complexity index is 1320. The van der Waals surface area contributed by atoms with E-state index in [2.05, 4.69) is 0 Å². The van der Waals surface area contributed by atoms with Gasteiger partial charge in [-0.05, 0) is 36.2 Å². The molecule has 1 heterocycles. The molecule has 10 nitrogen and oxygen atoms in total. The van der Waals surface area contributed by atoms with Crippen LogP contribution in [0.4, 0.5) is 4.79 Å². The zero-order valence-electron chi connectivity index (χ0n) is 26.4. The minimum Gasteiger partial charge on any atom is -0.496 e. The first-order valence-electron chi connectivity index (χ1n) is 15.3. The van der Waals surface area contributed by atoms with Crippen LogP contribution in [0.15, 0.2) is 66.7 Å². The topological polar surface area (TPSA) is 105 Å². The van der Waals surface area contributed by atoms with Gasteiger partial charge in [0.15, 0.2) is 11.5 Å². The Balaban J connectivity index is 1.32. The van der Waals surface area contributed by atoms with Crippen LogP contribution in [0, 0.1) is 0 Å². The van der Waals surface area contributed by atoms with Gasteiger partial charge in [-0.2, -0.15) is 0 Å². The van der Waals surface area contributed by atoms with E-state index in [4.69, 9.17) is 33.2 Å². The SMILES string of the molecule is COCCCOc1c(COC2CN(C(=O)O)CCC2c2ccc(OCCCOCc3ccccc3OC)cc2)cccc1OC. The molecule has 1 aliphatic rings. The van der Waals surface area contributed by atoms with E-state index in [1.165, 1.54) is 4.90 Å². The molecule has 1 aliphatic heterocycles. The molecule has 45 heavy (non-hydrogen) atoms. The van der Waals surface area contributed by atoms with Crippen molar-refractivity contribution in [2.45, 2.75) is 44.5 Å². The lowest BCUT2D eigenvalue weighted by Gasteiger charge is -2.37. The molecule has 10 heteroatoms. The van der Waals surface area contributed by atoms with Crippen molar-refractivity contribution < 1.29 is 43.1 Å². The van der Waals surface area contributed by atoms with E-state index < -0.39 is 6.09 Å². The number of amides is 1. The number of likely N-dealkylation sites (tertiary alicyclic amines) is 1. The molecule has 0 bridgehead atoms. The number of piperidine rings is 1. The molecule has 2 atom stereocenters. The van der Waals surface area contributed by atoms with Gasteiger partial charge in [0.2, 0.25) is 0 Å². The Hall–Kier alpha value is -3.99. The number of methoxy groups -OCH3 is 3. The fourth-order valence-electron chi connectivity index (χ4n) is 5.38. The van der Waals surface area contributed by atoms with E-state index in [0.717, 1.165) is 41.0 Å². The Labute approximate surface area is 265 Å². The lowest BCUT2D eigenvalue weighted by molar-refractivity contribution is -0.0207. The molecule has 0 radical (unpaired) electrons. The highest BCUT2D eigenvalue weighted by molar-refractivity contribution is 5.65. The summed E-state index contributed by atoms with van der Waals surface area (Å²) < 4.78 is 40.3. The lowest BCUT2D eigenvalue weighted by atomic mass is 9.87. The molecule has 0 aliphatic carbocycles. The molecule has 4 rings (SSSR count). The lowest BCUT2D eigenvalue weighted by Crippen LogP contribution is -2.46. The quantitative estimate of drug-likeness (QED) is 0.167. The summed E-state index contributed by atoms with van der Waals surface area (Å²) >= 11 is 0. The van der Waals surface area contributed by atoms with E-state index in [1.54, 1.807) is 21.3 Å². The van der Waals surface area contributed by atoms with Gasteiger partial charge < -0.3 is 43.2 Å². The number of hydrogen-bond donors (Lipinski definition) is 1. The molecule has 0 spiro atoms. The second-order valence-electron chi connectivity index (χ2n) is 10.8. The molecule has 0 aromatic heterocycles. The van der Waals surface area contributed by atoms with E-state index in [1.807, 2.05) is 66.7 Å². The molecule has 2 unspecified atom stereocenters. The Morgan fingerprint density at radius 1 is 0.800 bits per heavy atom. The summed E-state index contributed by atoms with van der Waals surface area (Å²) in [6.07, 6.45) is 0.864. The summed E-state index contributed by atoms with van der Waals surface area (Å²) in [7, 11) is 4.92. The number of hydrogen-bond acceptors (Lipinski definition) is 8. The molecule has 1 fully saturated rings. The van der Waals surface area contributed by atoms with Gasteiger partial charge in [0, 0.05) is 50.1 Å². The van der Waals surface area contributed by atoms with Gasteiger partial charge in [0.1, 0.15) is 11.5 Å². The first kappa shape index (κ1) is 33.9. The summed E-state index contributed by atoms with van der Waals surface area (Å²) in [6.45, 7) is 3.65. The van der Waals surface area contributed by atoms with Crippen LogP contribution in [-0.2, 0) is 27.4 Å². The van der Waals surface area contributed by atoms with E-state index in [0.29, 0.717) is 57.5 Å². The average Bonchev–Trinajstić information content (AvgIpc) is 3.07. The normalized spacial score (nSPS) is 16.3. The molecular formula is C35H45NO9. The monoisotopic (exact) mass is 623 g/mol. The van der Waals surface area contributed by atoms with Gasteiger partial charge >= 0.3 is 6.09 Å². The largest absolute Gasteiger partial charge is 0.496 e. The van der Waals surface area contributed by atoms with Crippen LogP contribution in [0.5, 0.6) is 23.0 Å². The fourth-order valence-corrected chi connectivity index (χ4v) is 5.38. The first-order chi connectivity index (χ1) is 22.0. The predicted molar refractivity (Wildman–Crippen MR) is 170 cm³/mol. The number of rotatable bonds is 18. The van der Waals surface area contributed by atoms with E-state index in [-0.39, 0.29) is 25.2 Å². The third-order valence-electron chi connectivity index (χ3n) is 7.76. The number of carbonyl (C=O) groups is 1. The maximum atomic E-state index is 11.8. The summed E-state index contributed by atoms with van der Waals surface area (Å²) in [5.41, 5.74) is 2.94. The van der Waals surface area contributed by atoms with Crippen molar-refractivity contribution in [1.82, 2.24) is 4.90 Å². The fraction of sp³-hybridized carbons (Fsp3) is 0.457. The number of para-hydroxylation sites is 2. The molecule has 244 valence electrons. The van der Waals surface area contributed by atoms with Crippen molar-refractivity contribution in [2.24, 2.45) is 0 Å². The van der Waals surface area contributed by atoms with Crippen molar-refractivity contribution >= 4 is 6.09 Å². The molecular weight excluding hydrogens is 578 g/mol. The number of benzene rings is 3. The van der Waals surface area contributed by atoms with Gasteiger partial charge in [-0.15, -0.1) is 0 Å². The van der Waals surface area contributed by atoms with Crippen molar-refractivity contribution in [3.63, 3.8) is 0 Å². The average molecular weight is 624 g/mol. The highest BCUT2D eigenvalue weighted by atomic mass is 16.5. The second-order valence-corrected chi connectivity index (χ2v) is 10.8. The molecule has 1 amide bonds. The Morgan fingerprint density at radius 3 is 2.27 bits per heavy atom. The minimum atomic E-state index is -0.943. The van der Waals surface area contributed by atoms with Crippen LogP contribution in [-0.4, -0.2) is 83.1 Å². The smallest absolute Gasteiger partial charge is 0.407 e. The van der Waals surface area contributed by atoms with Crippen molar-refractivity contribution in [2.75, 3.05) is 60.8 Å². The number of nitrogens with zero attached hydrogens (tertiary/aromatic N) is 1. The van der Waals surface area contributed by atoms with Crippen LogP contribution in [0.1, 0.15) is 41.9 Å². The van der Waals surface area contributed by atoms with Crippen molar-refractivity contribution in [3.05, 3.63) is 83.4 Å². The van der Waals surface area contributed by atoms with Gasteiger partial charge in [-0.25, -0.2) is 4.79 Å². The van der Waals surface area contributed by atoms with Gasteiger partial charge in [-0.3, -0.25) is 0 Å². The maximum Gasteiger partial charge on any atom is 0.407 e. The van der Waals surface area contributed by atoms with Gasteiger partial charge in [-0.1, -0.05) is 42.5 Å². The number of ether oxygens (including phenoxy) is 7. The van der Waals surface area contributed by atoms with Crippen LogP contribution in [0.25, 0.3) is 0 Å². The Morgan fingerprint density at radius 2 is 1.51 bits per heavy atom. The van der Waals surface area contributed by atoms with Gasteiger partial charge in [0.25, 0.3) is 0 Å². The molecule has 1 N–H and O–H groups in total. The van der Waals surface area contributed by atoms with Crippen LogP contribution >= 0.6 is 0 Å². The molecule has 3 aromatic rings. The minimum absolute atomic E-state index is 0.0229. The van der Waals surface area contributed by atoms with E-state index >= 15 is 0 Å². The Kier molecular flexibility index (Phi) is 13.6.